The van der Waals surface area contributed by atoms with Crippen molar-refractivity contribution in [2.24, 2.45) is 0 Å². The molecule has 3 heterocycles. The number of aromatic nitrogens is 1. The molecule has 0 saturated heterocycles. The number of fused-ring (bicyclic) bond motifs is 2. The van der Waals surface area contributed by atoms with Gasteiger partial charge >= 0.3 is 5.97 Å². The van der Waals surface area contributed by atoms with E-state index in [9.17, 15) is 53.9 Å². The molecule has 2 aliphatic heterocycles. The van der Waals surface area contributed by atoms with Gasteiger partial charge in [0.2, 0.25) is 17.4 Å². The zero-order chi connectivity index (χ0) is 44.4. The van der Waals surface area contributed by atoms with Gasteiger partial charge in [0.05, 0.1) is 21.0 Å². The minimum absolute atomic E-state index is 0.00881. The Morgan fingerprint density at radius 3 is 2.02 bits per heavy atom. The van der Waals surface area contributed by atoms with E-state index in [4.69, 9.17) is 9.57 Å². The average molecular weight is 895 g/mol. The molecule has 0 saturated carbocycles. The molecule has 0 radical (unpaired) electrons. The van der Waals surface area contributed by atoms with Gasteiger partial charge in [0.1, 0.15) is 6.54 Å². The van der Waals surface area contributed by atoms with Gasteiger partial charge in [-0.15, -0.1) is 4.73 Å². The Balaban J connectivity index is 1.58. The predicted octanol–water partition coefficient (Wildman–Crippen LogP) is 5.30. The highest BCUT2D eigenvalue weighted by atomic mass is 32.2. The van der Waals surface area contributed by atoms with Crippen LogP contribution in [0.15, 0.2) is 81.7 Å². The number of nitrogens with zero attached hydrogens (tertiary/aromatic N) is 3. The third kappa shape index (κ3) is 9.96. The van der Waals surface area contributed by atoms with Crippen molar-refractivity contribution in [2.75, 3.05) is 37.5 Å². The number of likely N-dealkylation sites (N-methyl/N-ethyl adjacent to an activating group) is 1. The van der Waals surface area contributed by atoms with Crippen LogP contribution in [0.3, 0.4) is 0 Å². The van der Waals surface area contributed by atoms with E-state index >= 15 is 0 Å². The van der Waals surface area contributed by atoms with Gasteiger partial charge in [0.25, 0.3) is 30.4 Å². The summed E-state index contributed by atoms with van der Waals surface area (Å²) in [6.07, 6.45) is 6.01. The molecule has 0 amide bonds. The number of rotatable bonds is 19. The number of allylic oxidation sites excluding steroid dienone is 4. The molecule has 2 atom stereocenters. The van der Waals surface area contributed by atoms with Gasteiger partial charge in [0.15, 0.2) is 5.71 Å². The van der Waals surface area contributed by atoms with Gasteiger partial charge in [0, 0.05) is 79.7 Å². The summed E-state index contributed by atoms with van der Waals surface area (Å²) < 4.78 is 111. The zero-order valence-corrected chi connectivity index (χ0v) is 36.5. The van der Waals surface area contributed by atoms with E-state index in [-0.39, 0.29) is 35.7 Å². The molecule has 2 aliphatic rings. The van der Waals surface area contributed by atoms with Crippen molar-refractivity contribution < 1.29 is 68.1 Å². The molecule has 17 nitrogen and oxygen atoms in total. The van der Waals surface area contributed by atoms with Crippen LogP contribution in [0.1, 0.15) is 83.8 Å². The normalized spacial score (nSPS) is 20.2. The monoisotopic (exact) mass is 894 g/mol. The predicted molar refractivity (Wildman–Crippen MR) is 222 cm³/mol. The van der Waals surface area contributed by atoms with Gasteiger partial charge in [-0.05, 0) is 107 Å². The number of carbonyl (C=O) groups is 1. The quantitative estimate of drug-likeness (QED) is 0.0582. The summed E-state index contributed by atoms with van der Waals surface area (Å²) in [7, 11) is -11.9. The molecule has 60 heavy (non-hydrogen) atoms. The summed E-state index contributed by atoms with van der Waals surface area (Å²) in [6.45, 7) is 8.71. The number of ether oxygens (including phenoxy) is 1. The molecule has 1 aromatic heterocycles. The fourth-order valence-electron chi connectivity index (χ4n) is 8.16. The highest BCUT2D eigenvalue weighted by Crippen LogP contribution is 2.52. The second-order valence-electron chi connectivity index (χ2n) is 15.4. The number of carbonyl (C=O) groups excluding carboxylic acids is 1. The van der Waals surface area contributed by atoms with Crippen LogP contribution in [0.25, 0.3) is 0 Å². The molecule has 5 rings (SSSR count). The summed E-state index contributed by atoms with van der Waals surface area (Å²) in [6, 6.07) is 11.0. The third-order valence-corrected chi connectivity index (χ3v) is 13.7. The van der Waals surface area contributed by atoms with Crippen LogP contribution in [0, 0.1) is 0 Å². The second-order valence-corrected chi connectivity index (χ2v) is 19.8. The zero-order valence-electron chi connectivity index (χ0n) is 34.0. The van der Waals surface area contributed by atoms with Crippen molar-refractivity contribution in [2.45, 2.75) is 93.3 Å². The first-order valence-electron chi connectivity index (χ1n) is 19.3. The lowest BCUT2D eigenvalue weighted by atomic mass is 9.75. The lowest BCUT2D eigenvalue weighted by Gasteiger charge is -2.30. The van der Waals surface area contributed by atoms with Crippen LogP contribution in [-0.4, -0.2) is 103 Å². The van der Waals surface area contributed by atoms with Crippen molar-refractivity contribution in [3.05, 3.63) is 83.1 Å². The highest BCUT2D eigenvalue weighted by molar-refractivity contribution is 7.86. The van der Waals surface area contributed by atoms with E-state index in [2.05, 4.69) is 4.58 Å². The number of unbranched alkanes of at least 4 members (excludes halogenated alkanes) is 2. The van der Waals surface area contributed by atoms with E-state index in [0.717, 1.165) is 11.3 Å². The van der Waals surface area contributed by atoms with Crippen LogP contribution in [0.2, 0.25) is 0 Å². The summed E-state index contributed by atoms with van der Waals surface area (Å²) >= 11 is 0. The van der Waals surface area contributed by atoms with Gasteiger partial charge in [-0.3, -0.25) is 13.7 Å². The Hall–Kier alpha value is -4.57. The Morgan fingerprint density at radius 1 is 0.817 bits per heavy atom. The van der Waals surface area contributed by atoms with Crippen LogP contribution < -0.4 is 9.74 Å². The molecular formula is C40H52N3O14S3+. The molecular weight excluding hydrogens is 843 g/mol. The molecule has 0 fully saturated rings. The molecule has 20 heteroatoms. The minimum atomic E-state index is -4.59. The first-order valence-corrected chi connectivity index (χ1v) is 23.8. The number of aromatic hydroxyl groups is 2. The van der Waals surface area contributed by atoms with Crippen molar-refractivity contribution in [1.29, 1.82) is 0 Å². The van der Waals surface area contributed by atoms with Crippen molar-refractivity contribution >= 4 is 53.4 Å². The fraction of sp³-hybridized carbons (Fsp3) is 0.450. The van der Waals surface area contributed by atoms with Crippen molar-refractivity contribution in [3.8, 4) is 11.8 Å². The SMILES string of the molecule is CCN1C(=CC(C)=CC2=[N+](CCCCCC(=O)On3c(O)ccc3O)c3ccc(S(=O)(=O)O)cc3C2(C)CCOC)C(C)(CCCS(=O)(=O)O)c2cc(S(=O)(=O)O)ccc21. The largest absolute Gasteiger partial charge is 0.492 e. The molecule has 2 aromatic carbocycles. The molecule has 3 aromatic rings. The third-order valence-electron chi connectivity index (χ3n) is 11.2. The Morgan fingerprint density at radius 2 is 1.43 bits per heavy atom. The van der Waals surface area contributed by atoms with E-state index < -0.39 is 64.7 Å². The Labute approximate surface area is 350 Å². The average Bonchev–Trinajstić information content (AvgIpc) is 3.68. The van der Waals surface area contributed by atoms with Crippen LogP contribution >= 0.6 is 0 Å². The van der Waals surface area contributed by atoms with Gasteiger partial charge in [-0.2, -0.15) is 29.8 Å². The summed E-state index contributed by atoms with van der Waals surface area (Å²) in [5.74, 6) is -2.06. The number of anilines is 1. The van der Waals surface area contributed by atoms with Gasteiger partial charge in [-0.25, -0.2) is 4.79 Å². The van der Waals surface area contributed by atoms with Crippen LogP contribution in [0.4, 0.5) is 11.4 Å². The maximum atomic E-state index is 12.5. The lowest BCUT2D eigenvalue weighted by molar-refractivity contribution is -0.438. The molecule has 328 valence electrons. The summed E-state index contributed by atoms with van der Waals surface area (Å²) in [5, 5.41) is 19.6. The number of hydrogen-bond acceptors (Lipinski definition) is 12. The molecule has 0 spiro atoms. The second kappa shape index (κ2) is 17.8. The van der Waals surface area contributed by atoms with Gasteiger partial charge < -0.3 is 24.7 Å². The minimum Gasteiger partial charge on any atom is -0.492 e. The summed E-state index contributed by atoms with van der Waals surface area (Å²) in [4.78, 5) is 18.9. The maximum absolute atomic E-state index is 12.5. The Kier molecular flexibility index (Phi) is 13.8. The fourth-order valence-corrected chi connectivity index (χ4v) is 9.69. The highest BCUT2D eigenvalue weighted by Gasteiger charge is 2.49. The maximum Gasteiger partial charge on any atom is 0.333 e. The standard InChI is InChI=1S/C40H51N3O14S3/c1-6-41-32-14-12-28(59(50,51)52)25-30(32)39(3,18-10-22-58(47,48)49)34(41)23-27(2)24-35-40(4,19-21-56-5)31-26-29(60(53,54)55)13-15-33(31)42(35)20-9-7-8-11-38(46)57-43-36(44)16-17-37(43)45/h12-17,23-26H,6-11,18-22H2,1-5H3,(H4-,44,45,47,48,49,50,51,52,53,54,55)/p+1. The van der Waals surface area contributed by atoms with E-state index in [1.54, 1.807) is 19.2 Å². The molecule has 0 bridgehead atoms. The van der Waals surface area contributed by atoms with Gasteiger partial charge in [-0.1, -0.05) is 0 Å². The van der Waals surface area contributed by atoms with Crippen molar-refractivity contribution in [1.82, 2.24) is 4.73 Å². The topological polar surface area (TPSA) is 250 Å². The number of benzene rings is 2. The van der Waals surface area contributed by atoms with E-state index in [0.29, 0.717) is 71.7 Å². The summed E-state index contributed by atoms with van der Waals surface area (Å²) in [5.41, 5.74) is 2.89. The molecule has 0 aliphatic carbocycles. The van der Waals surface area contributed by atoms with E-state index in [1.807, 2.05) is 44.7 Å². The first-order chi connectivity index (χ1) is 27.9. The number of hydrogen-bond donors (Lipinski definition) is 5. The van der Waals surface area contributed by atoms with Crippen molar-refractivity contribution in [3.63, 3.8) is 0 Å². The number of methoxy groups -OCH3 is 1. The molecule has 2 unspecified atom stereocenters. The first kappa shape index (κ1) is 46.5. The smallest absolute Gasteiger partial charge is 0.333 e. The van der Waals surface area contributed by atoms with E-state index in [1.165, 1.54) is 36.4 Å². The molecule has 5 N–H and O–H groups in total. The van der Waals surface area contributed by atoms with Crippen LogP contribution in [0.5, 0.6) is 11.8 Å². The lowest BCUT2D eigenvalue weighted by Crippen LogP contribution is -2.33. The van der Waals surface area contributed by atoms with Crippen LogP contribution in [-0.2, 0) is 50.7 Å². The Bertz CT molecular complexity index is 2560.